The molecule has 3 rings (SSSR count). The summed E-state index contributed by atoms with van der Waals surface area (Å²) < 4.78 is 18.8. The van der Waals surface area contributed by atoms with E-state index in [2.05, 4.69) is 10.6 Å². The molecule has 1 aliphatic rings. The number of nitrogens with one attached hydrogen (secondary N) is 2. The minimum atomic E-state index is -0.408. The third kappa shape index (κ3) is 4.81. The third-order valence-corrected chi connectivity index (χ3v) is 4.16. The second-order valence-electron chi connectivity index (χ2n) is 6.20. The van der Waals surface area contributed by atoms with Gasteiger partial charge in [0.05, 0.1) is 6.61 Å². The van der Waals surface area contributed by atoms with Gasteiger partial charge in [0.15, 0.2) is 11.6 Å². The van der Waals surface area contributed by atoms with Crippen LogP contribution in [0.25, 0.3) is 0 Å². The van der Waals surface area contributed by atoms with Gasteiger partial charge >= 0.3 is 0 Å². The molecule has 2 amide bonds. The summed E-state index contributed by atoms with van der Waals surface area (Å²) in [7, 11) is 0. The van der Waals surface area contributed by atoms with Crippen molar-refractivity contribution in [1.29, 1.82) is 0 Å². The summed E-state index contributed by atoms with van der Waals surface area (Å²) in [6.07, 6.45) is 2.87. The zero-order chi connectivity index (χ0) is 18.4. The molecule has 1 aliphatic heterocycles. The molecule has 2 aromatic carbocycles. The van der Waals surface area contributed by atoms with Crippen LogP contribution in [0.4, 0.5) is 15.8 Å². The average Bonchev–Trinajstić information content (AvgIpc) is 2.80. The molecule has 0 fully saturated rings. The zero-order valence-corrected chi connectivity index (χ0v) is 14.4. The molecule has 136 valence electrons. The van der Waals surface area contributed by atoms with Crippen molar-refractivity contribution in [2.75, 3.05) is 17.2 Å². The van der Waals surface area contributed by atoms with Crippen LogP contribution in [0.15, 0.2) is 42.5 Å². The Morgan fingerprint density at radius 2 is 2.04 bits per heavy atom. The third-order valence-electron chi connectivity index (χ3n) is 4.16. The molecule has 26 heavy (non-hydrogen) atoms. The van der Waals surface area contributed by atoms with Crippen molar-refractivity contribution in [3.8, 4) is 5.75 Å². The van der Waals surface area contributed by atoms with Gasteiger partial charge in [0.1, 0.15) is 0 Å². The smallest absolute Gasteiger partial charge is 0.224 e. The van der Waals surface area contributed by atoms with Gasteiger partial charge in [-0.2, -0.15) is 0 Å². The highest BCUT2D eigenvalue weighted by molar-refractivity contribution is 5.94. The summed E-state index contributed by atoms with van der Waals surface area (Å²) in [5.41, 5.74) is 2.54. The minimum absolute atomic E-state index is 0.0235. The summed E-state index contributed by atoms with van der Waals surface area (Å²) >= 11 is 0. The monoisotopic (exact) mass is 356 g/mol. The molecule has 0 saturated carbocycles. The SMILES string of the molecule is O=C(CCCOc1ccccc1F)Nc1ccc2c(c1)CCCC(=O)N2. The maximum atomic E-state index is 13.4. The summed E-state index contributed by atoms with van der Waals surface area (Å²) in [5.74, 6) is -0.315. The fourth-order valence-electron chi connectivity index (χ4n) is 2.85. The van der Waals surface area contributed by atoms with Gasteiger partial charge in [-0.25, -0.2) is 4.39 Å². The Morgan fingerprint density at radius 1 is 1.19 bits per heavy atom. The molecule has 0 spiro atoms. The number of benzene rings is 2. The van der Waals surface area contributed by atoms with Crippen LogP contribution >= 0.6 is 0 Å². The molecular weight excluding hydrogens is 335 g/mol. The van der Waals surface area contributed by atoms with Crippen LogP contribution in [-0.4, -0.2) is 18.4 Å². The van der Waals surface area contributed by atoms with Gasteiger partial charge in [0, 0.05) is 24.2 Å². The van der Waals surface area contributed by atoms with Gasteiger partial charge in [0.25, 0.3) is 0 Å². The van der Waals surface area contributed by atoms with E-state index in [0.29, 0.717) is 18.5 Å². The van der Waals surface area contributed by atoms with Crippen LogP contribution in [0.3, 0.4) is 0 Å². The van der Waals surface area contributed by atoms with E-state index in [1.165, 1.54) is 6.07 Å². The van der Waals surface area contributed by atoms with E-state index in [9.17, 15) is 14.0 Å². The van der Waals surface area contributed by atoms with Crippen LogP contribution in [0.1, 0.15) is 31.2 Å². The number of fused-ring (bicyclic) bond motifs is 1. The van der Waals surface area contributed by atoms with E-state index >= 15 is 0 Å². The number of carbonyl (C=O) groups excluding carboxylic acids is 2. The van der Waals surface area contributed by atoms with Crippen molar-refractivity contribution < 1.29 is 18.7 Å². The Hall–Kier alpha value is -2.89. The topological polar surface area (TPSA) is 67.4 Å². The Morgan fingerprint density at radius 3 is 2.88 bits per heavy atom. The van der Waals surface area contributed by atoms with Crippen molar-refractivity contribution in [3.63, 3.8) is 0 Å². The normalized spacial score (nSPS) is 13.3. The summed E-state index contributed by atoms with van der Waals surface area (Å²) in [5, 5.41) is 5.72. The number of hydrogen-bond acceptors (Lipinski definition) is 3. The minimum Gasteiger partial charge on any atom is -0.491 e. The second kappa shape index (κ2) is 8.47. The molecule has 0 aromatic heterocycles. The number of aryl methyl sites for hydroxylation is 1. The number of para-hydroxylation sites is 1. The zero-order valence-electron chi connectivity index (χ0n) is 14.4. The van der Waals surface area contributed by atoms with Gasteiger partial charge < -0.3 is 15.4 Å². The lowest BCUT2D eigenvalue weighted by molar-refractivity contribution is -0.117. The number of hydrogen-bond donors (Lipinski definition) is 2. The highest BCUT2D eigenvalue weighted by Gasteiger charge is 2.13. The van der Waals surface area contributed by atoms with Crippen molar-refractivity contribution in [1.82, 2.24) is 0 Å². The predicted octanol–water partition coefficient (Wildman–Crippen LogP) is 3.90. The molecule has 0 aliphatic carbocycles. The highest BCUT2D eigenvalue weighted by Crippen LogP contribution is 2.25. The van der Waals surface area contributed by atoms with E-state index in [0.717, 1.165) is 24.1 Å². The lowest BCUT2D eigenvalue weighted by Gasteiger charge is -2.11. The maximum absolute atomic E-state index is 13.4. The molecule has 0 saturated heterocycles. The van der Waals surface area contributed by atoms with Gasteiger partial charge in [-0.05, 0) is 55.2 Å². The first-order valence-electron chi connectivity index (χ1n) is 8.72. The lowest BCUT2D eigenvalue weighted by atomic mass is 10.1. The van der Waals surface area contributed by atoms with Crippen molar-refractivity contribution in [2.24, 2.45) is 0 Å². The van der Waals surface area contributed by atoms with Gasteiger partial charge in [0.2, 0.25) is 11.8 Å². The van der Waals surface area contributed by atoms with Gasteiger partial charge in [-0.1, -0.05) is 12.1 Å². The molecule has 0 bridgehead atoms. The molecule has 0 unspecified atom stereocenters. The van der Waals surface area contributed by atoms with Crippen LogP contribution in [0.5, 0.6) is 5.75 Å². The number of carbonyl (C=O) groups is 2. The van der Waals surface area contributed by atoms with E-state index in [1.807, 2.05) is 12.1 Å². The summed E-state index contributed by atoms with van der Waals surface area (Å²) in [4.78, 5) is 23.6. The van der Waals surface area contributed by atoms with E-state index in [4.69, 9.17) is 4.74 Å². The molecule has 6 heteroatoms. The molecule has 2 aromatic rings. The standard InChI is InChI=1S/C20H21FN2O3/c21-16-6-1-2-7-18(16)26-12-4-9-19(24)22-15-10-11-17-14(13-15)5-3-8-20(25)23-17/h1-2,6-7,10-11,13H,3-5,8-9,12H2,(H,22,24)(H,23,25). The van der Waals surface area contributed by atoms with E-state index in [1.54, 1.807) is 24.3 Å². The first-order valence-corrected chi connectivity index (χ1v) is 8.72. The van der Waals surface area contributed by atoms with E-state index in [-0.39, 0.29) is 30.6 Å². The van der Waals surface area contributed by atoms with Crippen LogP contribution in [-0.2, 0) is 16.0 Å². The number of halogens is 1. The molecule has 2 N–H and O–H groups in total. The lowest BCUT2D eigenvalue weighted by Crippen LogP contribution is -2.13. The summed E-state index contributed by atoms with van der Waals surface area (Å²) in [6, 6.07) is 11.7. The molecule has 0 atom stereocenters. The first-order chi connectivity index (χ1) is 12.6. The molecule has 1 heterocycles. The van der Waals surface area contributed by atoms with Crippen LogP contribution in [0.2, 0.25) is 0 Å². The largest absolute Gasteiger partial charge is 0.491 e. The van der Waals surface area contributed by atoms with Crippen molar-refractivity contribution in [3.05, 3.63) is 53.8 Å². The fourth-order valence-corrected chi connectivity index (χ4v) is 2.85. The molecular formula is C20H21FN2O3. The predicted molar refractivity (Wildman–Crippen MR) is 97.8 cm³/mol. The Bertz CT molecular complexity index is 807. The molecule has 5 nitrogen and oxygen atoms in total. The number of anilines is 2. The molecule has 0 radical (unpaired) electrons. The average molecular weight is 356 g/mol. The van der Waals surface area contributed by atoms with Gasteiger partial charge in [-0.15, -0.1) is 0 Å². The number of rotatable bonds is 6. The van der Waals surface area contributed by atoms with E-state index < -0.39 is 5.82 Å². The maximum Gasteiger partial charge on any atom is 0.224 e. The Kier molecular flexibility index (Phi) is 5.84. The first kappa shape index (κ1) is 17.9. The summed E-state index contributed by atoms with van der Waals surface area (Å²) in [6.45, 7) is 0.268. The van der Waals surface area contributed by atoms with Crippen LogP contribution < -0.4 is 15.4 Å². The Balaban J connectivity index is 1.47. The van der Waals surface area contributed by atoms with Crippen molar-refractivity contribution >= 4 is 23.2 Å². The van der Waals surface area contributed by atoms with Gasteiger partial charge in [-0.3, -0.25) is 9.59 Å². The highest BCUT2D eigenvalue weighted by atomic mass is 19.1. The number of amides is 2. The quantitative estimate of drug-likeness (QED) is 0.772. The number of ether oxygens (including phenoxy) is 1. The second-order valence-corrected chi connectivity index (χ2v) is 6.20. The Labute approximate surface area is 151 Å². The van der Waals surface area contributed by atoms with Crippen molar-refractivity contribution in [2.45, 2.75) is 32.1 Å². The van der Waals surface area contributed by atoms with Crippen LogP contribution in [0, 0.1) is 5.82 Å². The fraction of sp³-hybridized carbons (Fsp3) is 0.300.